The van der Waals surface area contributed by atoms with Crippen LogP contribution in [0.25, 0.3) is 16.5 Å². The van der Waals surface area contributed by atoms with E-state index in [1.807, 2.05) is 34.0 Å². The molecule has 1 amide bonds. The molecule has 206 valence electrons. The van der Waals surface area contributed by atoms with E-state index >= 15 is 0 Å². The number of nitrogens with zero attached hydrogens (tertiary/aromatic N) is 4. The van der Waals surface area contributed by atoms with Gasteiger partial charge in [0.1, 0.15) is 5.84 Å². The summed E-state index contributed by atoms with van der Waals surface area (Å²) in [5.74, 6) is 1.73. The number of piperidine rings is 1. The van der Waals surface area contributed by atoms with Gasteiger partial charge in [-0.3, -0.25) is 14.7 Å². The first-order valence-corrected chi connectivity index (χ1v) is 14.1. The predicted molar refractivity (Wildman–Crippen MR) is 164 cm³/mol. The van der Waals surface area contributed by atoms with Gasteiger partial charge in [-0.25, -0.2) is 4.99 Å². The number of likely N-dealkylation sites (tertiary alicyclic amines) is 1. The zero-order valence-electron chi connectivity index (χ0n) is 24.4. The number of aliphatic imine (C=N–C) groups is 2. The van der Waals surface area contributed by atoms with Crippen LogP contribution in [0.3, 0.4) is 0 Å². The van der Waals surface area contributed by atoms with Gasteiger partial charge in [0, 0.05) is 37.7 Å². The molecule has 0 aliphatic carbocycles. The Balaban J connectivity index is 1.92. The van der Waals surface area contributed by atoms with Crippen LogP contribution in [0.15, 0.2) is 45.4 Å². The second-order valence-corrected chi connectivity index (χ2v) is 11.0. The van der Waals surface area contributed by atoms with Crippen LogP contribution >= 0.6 is 11.6 Å². The molecule has 1 saturated heterocycles. The van der Waals surface area contributed by atoms with E-state index in [2.05, 4.69) is 64.9 Å². The molecule has 1 aliphatic rings. The molecular weight excluding hydrogens is 494 g/mol. The highest BCUT2D eigenvalue weighted by molar-refractivity contribution is 6.44. The first-order valence-electron chi connectivity index (χ1n) is 13.7. The zero-order chi connectivity index (χ0) is 28.0. The Hall–Kier alpha value is -2.70. The first-order chi connectivity index (χ1) is 18.1. The Morgan fingerprint density at radius 2 is 1.95 bits per heavy atom. The number of allylic oxidation sites excluding steroid dienone is 4. The normalized spacial score (nSPS) is 17.1. The van der Waals surface area contributed by atoms with Gasteiger partial charge in [0.25, 0.3) is 0 Å². The molecule has 1 aliphatic heterocycles. The average Bonchev–Trinajstić information content (AvgIpc) is 3.29. The molecule has 1 fully saturated rings. The van der Waals surface area contributed by atoms with Crippen molar-refractivity contribution < 1.29 is 4.79 Å². The fourth-order valence-corrected chi connectivity index (χ4v) is 5.43. The number of amidine groups is 1. The van der Waals surface area contributed by atoms with Crippen molar-refractivity contribution in [3.8, 4) is 0 Å². The number of halogens is 1. The predicted octanol–water partition coefficient (Wildman–Crippen LogP) is 6.98. The number of nitrogens with one attached hydrogen (secondary N) is 1. The molecule has 0 saturated carbocycles. The van der Waals surface area contributed by atoms with E-state index in [1.165, 1.54) is 16.5 Å². The minimum absolute atomic E-state index is 0.172. The number of benzene rings is 1. The van der Waals surface area contributed by atoms with E-state index < -0.39 is 0 Å². The number of H-pyrrole nitrogens is 1. The van der Waals surface area contributed by atoms with Gasteiger partial charge < -0.3 is 9.88 Å². The highest BCUT2D eigenvalue weighted by Crippen LogP contribution is 2.37. The fourth-order valence-electron chi connectivity index (χ4n) is 5.14. The molecule has 2 aromatic rings. The third kappa shape index (κ3) is 7.03. The maximum absolute atomic E-state index is 12.1. The van der Waals surface area contributed by atoms with Crippen molar-refractivity contribution in [2.24, 2.45) is 9.98 Å². The van der Waals surface area contributed by atoms with E-state index in [9.17, 15) is 4.79 Å². The van der Waals surface area contributed by atoms with Crippen molar-refractivity contribution >= 4 is 45.5 Å². The van der Waals surface area contributed by atoms with Crippen LogP contribution in [-0.4, -0.2) is 73.0 Å². The molecule has 1 N–H and O–H groups in total. The van der Waals surface area contributed by atoms with Crippen LogP contribution in [-0.2, 0) is 4.79 Å². The molecule has 3 rings (SSSR count). The van der Waals surface area contributed by atoms with E-state index in [1.54, 1.807) is 11.9 Å². The van der Waals surface area contributed by atoms with Gasteiger partial charge in [0.2, 0.25) is 5.91 Å². The quantitative estimate of drug-likeness (QED) is 0.224. The highest BCUT2D eigenvalue weighted by Gasteiger charge is 2.24. The Morgan fingerprint density at radius 3 is 2.50 bits per heavy atom. The smallest absolute Gasteiger partial charge is 0.236 e. The van der Waals surface area contributed by atoms with E-state index in [0.717, 1.165) is 54.8 Å². The average molecular weight is 538 g/mol. The molecule has 0 bridgehead atoms. The van der Waals surface area contributed by atoms with E-state index in [0.29, 0.717) is 29.2 Å². The molecule has 0 radical (unpaired) electrons. The summed E-state index contributed by atoms with van der Waals surface area (Å²) in [6.07, 6.45) is 7.00. The number of fused-ring (bicyclic) bond motifs is 1. The number of carbonyl (C=O) groups is 1. The summed E-state index contributed by atoms with van der Waals surface area (Å²) in [4.78, 5) is 28.5. The van der Waals surface area contributed by atoms with Crippen molar-refractivity contribution in [2.45, 2.75) is 65.7 Å². The Kier molecular flexibility index (Phi) is 10.5. The molecule has 2 heterocycles. The lowest BCUT2D eigenvalue weighted by atomic mass is 9.87. The van der Waals surface area contributed by atoms with Gasteiger partial charge in [-0.2, -0.15) is 0 Å². The fraction of sp³-hybridized carbons (Fsp3) is 0.516. The molecule has 38 heavy (non-hydrogen) atoms. The number of rotatable bonds is 8. The number of amides is 1. The molecule has 0 atom stereocenters. The molecule has 1 aromatic carbocycles. The molecule has 6 nitrogen and oxygen atoms in total. The highest BCUT2D eigenvalue weighted by atomic mass is 35.5. The van der Waals surface area contributed by atoms with Gasteiger partial charge in [0.05, 0.1) is 17.3 Å². The van der Waals surface area contributed by atoms with Crippen molar-refractivity contribution in [2.75, 3.05) is 40.8 Å². The minimum Gasteiger partial charge on any atom is -0.354 e. The summed E-state index contributed by atoms with van der Waals surface area (Å²) in [5, 5.41) is 1.91. The summed E-state index contributed by atoms with van der Waals surface area (Å²) >= 11 is 6.78. The van der Waals surface area contributed by atoms with Crippen molar-refractivity contribution in [3.05, 3.63) is 52.2 Å². The summed E-state index contributed by atoms with van der Waals surface area (Å²) in [6, 6.07) is 6.88. The molecule has 1 aromatic heterocycles. The molecular formula is C31H44ClN5O. The van der Waals surface area contributed by atoms with Crippen molar-refractivity contribution in [3.63, 3.8) is 0 Å². The van der Waals surface area contributed by atoms with Gasteiger partial charge in [-0.15, -0.1) is 0 Å². The van der Waals surface area contributed by atoms with E-state index in [-0.39, 0.29) is 5.91 Å². The Bertz CT molecular complexity index is 1260. The van der Waals surface area contributed by atoms with Gasteiger partial charge in [0.15, 0.2) is 0 Å². The van der Waals surface area contributed by atoms with Crippen LogP contribution < -0.4 is 0 Å². The lowest BCUT2D eigenvalue weighted by molar-refractivity contribution is -0.130. The molecule has 0 unspecified atom stereocenters. The zero-order valence-corrected chi connectivity index (χ0v) is 25.1. The number of hydrogen-bond acceptors (Lipinski definition) is 3. The Morgan fingerprint density at radius 1 is 1.26 bits per heavy atom. The van der Waals surface area contributed by atoms with Crippen LogP contribution in [0.1, 0.15) is 82.5 Å². The summed E-state index contributed by atoms with van der Waals surface area (Å²) in [5.41, 5.74) is 6.84. The summed E-state index contributed by atoms with van der Waals surface area (Å²) in [6.45, 7) is 12.9. The monoisotopic (exact) mass is 537 g/mol. The second-order valence-electron chi connectivity index (χ2n) is 10.6. The van der Waals surface area contributed by atoms with Crippen molar-refractivity contribution in [1.82, 2.24) is 14.8 Å². The Labute approximate surface area is 233 Å². The van der Waals surface area contributed by atoms with Gasteiger partial charge >= 0.3 is 0 Å². The number of likely N-dealkylation sites (N-methyl/N-ethyl adjacent to an activating group) is 1. The van der Waals surface area contributed by atoms with Gasteiger partial charge in [-0.05, 0) is 92.9 Å². The first kappa shape index (κ1) is 29.9. The minimum atomic E-state index is 0.172. The SMILES string of the molecule is C/C=C(\C=C(\Cl)C(CC)=NC(C)=NC)c1[nH]c2ccc(C3CCN(CC(=O)N(C)C)CC3)cc2c1C(C)C. The summed E-state index contributed by atoms with van der Waals surface area (Å²) in [7, 11) is 5.39. The maximum atomic E-state index is 12.1. The number of aromatic amines is 1. The largest absolute Gasteiger partial charge is 0.354 e. The molecule has 7 heteroatoms. The third-order valence-corrected chi connectivity index (χ3v) is 7.80. The lowest BCUT2D eigenvalue weighted by Crippen LogP contribution is -2.40. The van der Waals surface area contributed by atoms with Crippen molar-refractivity contribution in [1.29, 1.82) is 0 Å². The number of carbonyl (C=O) groups excluding carboxylic acids is 1. The number of hydrogen-bond donors (Lipinski definition) is 1. The van der Waals surface area contributed by atoms with Crippen LogP contribution in [0.5, 0.6) is 0 Å². The maximum Gasteiger partial charge on any atom is 0.236 e. The summed E-state index contributed by atoms with van der Waals surface area (Å²) < 4.78 is 0. The second kappa shape index (κ2) is 13.4. The lowest BCUT2D eigenvalue weighted by Gasteiger charge is -2.32. The van der Waals surface area contributed by atoms with Crippen LogP contribution in [0.4, 0.5) is 0 Å². The third-order valence-electron chi connectivity index (χ3n) is 7.47. The topological polar surface area (TPSA) is 64.1 Å². The standard InChI is InChI=1S/C31H44ClN5O/c1-9-22(18-26(32)27(10-2)34-21(5)33-6)31-30(20(3)4)25-17-24(11-12-28(25)35-31)23-13-15-37(16-14-23)19-29(38)36(7)8/h9,11-12,17-18,20,23,35H,10,13-16,19H2,1-8H3/b22-9+,26-18+,33-21?,34-27?. The van der Waals surface area contributed by atoms with E-state index in [4.69, 9.17) is 11.6 Å². The van der Waals surface area contributed by atoms with Crippen LogP contribution in [0.2, 0.25) is 0 Å². The number of aromatic nitrogens is 1. The van der Waals surface area contributed by atoms with Gasteiger partial charge in [-0.1, -0.05) is 44.5 Å². The molecule has 0 spiro atoms. The van der Waals surface area contributed by atoms with Crippen LogP contribution in [0, 0.1) is 0 Å².